The number of amides is 1. The van der Waals surface area contributed by atoms with Gasteiger partial charge in [0.15, 0.2) is 0 Å². The van der Waals surface area contributed by atoms with Gasteiger partial charge in [-0.3, -0.25) is 4.79 Å². The Morgan fingerprint density at radius 1 is 1.29 bits per heavy atom. The van der Waals surface area contributed by atoms with E-state index in [4.69, 9.17) is 4.74 Å². The van der Waals surface area contributed by atoms with Crippen molar-refractivity contribution in [3.63, 3.8) is 0 Å². The predicted molar refractivity (Wildman–Crippen MR) is 81.6 cm³/mol. The fraction of sp³-hybridized carbons (Fsp3) is 0.267. The van der Waals surface area contributed by atoms with Crippen molar-refractivity contribution >= 4 is 28.9 Å². The maximum Gasteiger partial charge on any atom is 0.338 e. The van der Waals surface area contributed by atoms with Crippen LogP contribution >= 0.6 is 11.3 Å². The van der Waals surface area contributed by atoms with Crippen LogP contribution < -0.4 is 5.32 Å². The summed E-state index contributed by atoms with van der Waals surface area (Å²) in [5.74, 6) is -0.335. The molecule has 110 valence electrons. The zero-order valence-electron chi connectivity index (χ0n) is 11.8. The fourth-order valence-electron chi connectivity index (χ4n) is 1.54. The molecule has 1 heterocycles. The van der Waals surface area contributed by atoms with Gasteiger partial charge in [0.1, 0.15) is 5.69 Å². The quantitative estimate of drug-likeness (QED) is 0.861. The Hall–Kier alpha value is -2.21. The number of rotatable bonds is 5. The summed E-state index contributed by atoms with van der Waals surface area (Å²) < 4.78 is 5.13. The monoisotopic (exact) mass is 304 g/mol. The first kappa shape index (κ1) is 15.2. The van der Waals surface area contributed by atoms with Crippen LogP contribution in [0.4, 0.5) is 5.69 Å². The molecule has 0 saturated carbocycles. The van der Waals surface area contributed by atoms with Crippen LogP contribution in [0.25, 0.3) is 0 Å². The number of anilines is 1. The van der Waals surface area contributed by atoms with Crippen molar-refractivity contribution in [3.8, 4) is 0 Å². The maximum absolute atomic E-state index is 11.8. The molecule has 1 N–H and O–H groups in total. The molecule has 6 heteroatoms. The molecule has 0 saturated heterocycles. The lowest BCUT2D eigenvalue weighted by Crippen LogP contribution is -2.13. The van der Waals surface area contributed by atoms with E-state index in [9.17, 15) is 9.59 Å². The van der Waals surface area contributed by atoms with Crippen LogP contribution in [0.2, 0.25) is 0 Å². The minimum Gasteiger partial charge on any atom is -0.462 e. The highest BCUT2D eigenvalue weighted by molar-refractivity contribution is 7.07. The topological polar surface area (TPSA) is 68.3 Å². The van der Waals surface area contributed by atoms with Gasteiger partial charge in [-0.25, -0.2) is 9.78 Å². The number of ether oxygens (including phenoxy) is 1. The average molecular weight is 304 g/mol. The van der Waals surface area contributed by atoms with Crippen molar-refractivity contribution in [2.24, 2.45) is 5.92 Å². The van der Waals surface area contributed by atoms with E-state index in [2.05, 4.69) is 10.3 Å². The first-order chi connectivity index (χ1) is 10.1. The molecule has 0 aliphatic carbocycles. The molecule has 21 heavy (non-hydrogen) atoms. The van der Waals surface area contributed by atoms with Gasteiger partial charge in [0.25, 0.3) is 5.91 Å². The summed E-state index contributed by atoms with van der Waals surface area (Å²) in [5.41, 5.74) is 3.04. The molecule has 2 rings (SSSR count). The summed E-state index contributed by atoms with van der Waals surface area (Å²) >= 11 is 1.36. The van der Waals surface area contributed by atoms with E-state index in [0.29, 0.717) is 29.5 Å². The minimum atomic E-state index is -0.360. The van der Waals surface area contributed by atoms with Crippen LogP contribution in [0.5, 0.6) is 0 Å². The van der Waals surface area contributed by atoms with Crippen molar-refractivity contribution in [2.75, 3.05) is 11.9 Å². The van der Waals surface area contributed by atoms with Gasteiger partial charge in [0, 0.05) is 11.1 Å². The van der Waals surface area contributed by atoms with Crippen LogP contribution in [-0.4, -0.2) is 23.5 Å². The van der Waals surface area contributed by atoms with Gasteiger partial charge in [-0.2, -0.15) is 0 Å². The van der Waals surface area contributed by atoms with Crippen LogP contribution in [0.1, 0.15) is 34.7 Å². The molecule has 0 unspecified atom stereocenters. The van der Waals surface area contributed by atoms with Gasteiger partial charge in [0.05, 0.1) is 17.7 Å². The molecule has 0 aliphatic rings. The molecule has 2 aromatic rings. The zero-order valence-corrected chi connectivity index (χ0v) is 12.6. The summed E-state index contributed by atoms with van der Waals surface area (Å²) in [4.78, 5) is 27.5. The van der Waals surface area contributed by atoms with E-state index >= 15 is 0 Å². The predicted octanol–water partition coefficient (Wildman–Crippen LogP) is 3.21. The van der Waals surface area contributed by atoms with Gasteiger partial charge in [-0.15, -0.1) is 11.3 Å². The largest absolute Gasteiger partial charge is 0.462 e. The van der Waals surface area contributed by atoms with Gasteiger partial charge >= 0.3 is 5.97 Å². The highest BCUT2D eigenvalue weighted by Gasteiger charge is 2.10. The third kappa shape index (κ3) is 4.39. The third-order valence-electron chi connectivity index (χ3n) is 2.59. The van der Waals surface area contributed by atoms with Gasteiger partial charge in [0.2, 0.25) is 0 Å². The summed E-state index contributed by atoms with van der Waals surface area (Å²) in [7, 11) is 0. The van der Waals surface area contributed by atoms with Crippen molar-refractivity contribution in [3.05, 3.63) is 46.4 Å². The second-order valence-corrected chi connectivity index (χ2v) is 5.62. The molecule has 0 atom stereocenters. The zero-order chi connectivity index (χ0) is 15.2. The molecule has 0 spiro atoms. The first-order valence-electron chi connectivity index (χ1n) is 6.53. The van der Waals surface area contributed by atoms with Gasteiger partial charge in [-0.1, -0.05) is 13.8 Å². The lowest BCUT2D eigenvalue weighted by molar-refractivity contribution is 0.0459. The lowest BCUT2D eigenvalue weighted by Gasteiger charge is -2.08. The standard InChI is InChI=1S/C15H16N2O3S/c1-10(2)7-20-15(19)11-3-5-12(6-4-11)17-14(18)13-8-21-9-16-13/h3-6,8-10H,7H2,1-2H3,(H,17,18). The van der Waals surface area contributed by atoms with Crippen LogP contribution in [0.15, 0.2) is 35.2 Å². The summed E-state index contributed by atoms with van der Waals surface area (Å²) in [6.45, 7) is 4.34. The number of carbonyl (C=O) groups excluding carboxylic acids is 2. The smallest absolute Gasteiger partial charge is 0.338 e. The van der Waals surface area contributed by atoms with E-state index in [1.165, 1.54) is 11.3 Å². The number of thiazole rings is 1. The third-order valence-corrected chi connectivity index (χ3v) is 3.18. The van der Waals surface area contributed by atoms with E-state index < -0.39 is 0 Å². The second-order valence-electron chi connectivity index (χ2n) is 4.90. The normalized spacial score (nSPS) is 10.4. The van der Waals surface area contributed by atoms with E-state index in [1.807, 2.05) is 13.8 Å². The number of hydrogen-bond donors (Lipinski definition) is 1. The molecule has 0 radical (unpaired) electrons. The van der Waals surface area contributed by atoms with E-state index in [1.54, 1.807) is 35.2 Å². The van der Waals surface area contributed by atoms with Gasteiger partial charge < -0.3 is 10.1 Å². The van der Waals surface area contributed by atoms with Crippen molar-refractivity contribution in [2.45, 2.75) is 13.8 Å². The van der Waals surface area contributed by atoms with Crippen molar-refractivity contribution in [1.29, 1.82) is 0 Å². The Bertz CT molecular complexity index is 606. The molecule has 1 aromatic heterocycles. The minimum absolute atomic E-state index is 0.272. The molecule has 0 aliphatic heterocycles. The highest BCUT2D eigenvalue weighted by Crippen LogP contribution is 2.13. The molecule has 0 fully saturated rings. The molecule has 5 nitrogen and oxygen atoms in total. The average Bonchev–Trinajstić information content (AvgIpc) is 3.00. The number of nitrogens with one attached hydrogen (secondary N) is 1. The Morgan fingerprint density at radius 2 is 2.00 bits per heavy atom. The van der Waals surface area contributed by atoms with Gasteiger partial charge in [-0.05, 0) is 30.2 Å². The Morgan fingerprint density at radius 3 is 2.57 bits per heavy atom. The summed E-state index contributed by atoms with van der Waals surface area (Å²) in [6, 6.07) is 6.57. The van der Waals surface area contributed by atoms with Crippen molar-refractivity contribution < 1.29 is 14.3 Å². The maximum atomic E-state index is 11.8. The van der Waals surface area contributed by atoms with Crippen LogP contribution in [-0.2, 0) is 4.74 Å². The fourth-order valence-corrected chi connectivity index (χ4v) is 2.07. The number of carbonyl (C=O) groups is 2. The van der Waals surface area contributed by atoms with E-state index in [0.717, 1.165) is 0 Å². The van der Waals surface area contributed by atoms with Crippen molar-refractivity contribution in [1.82, 2.24) is 4.98 Å². The number of nitrogens with zero attached hydrogens (tertiary/aromatic N) is 1. The number of aromatic nitrogens is 1. The van der Waals surface area contributed by atoms with E-state index in [-0.39, 0.29) is 11.9 Å². The Kier molecular flexibility index (Phi) is 5.05. The van der Waals surface area contributed by atoms with Crippen LogP contribution in [0, 0.1) is 5.92 Å². The number of benzene rings is 1. The molecule has 1 aromatic carbocycles. The molecule has 1 amide bonds. The number of hydrogen-bond acceptors (Lipinski definition) is 5. The lowest BCUT2D eigenvalue weighted by atomic mass is 10.2. The molecular weight excluding hydrogens is 288 g/mol. The first-order valence-corrected chi connectivity index (χ1v) is 7.47. The SMILES string of the molecule is CC(C)COC(=O)c1ccc(NC(=O)c2cscn2)cc1. The Balaban J connectivity index is 1.96. The molecular formula is C15H16N2O3S. The number of esters is 1. The van der Waals surface area contributed by atoms with Crippen LogP contribution in [0.3, 0.4) is 0 Å². The summed E-state index contributed by atoms with van der Waals surface area (Å²) in [5, 5.41) is 4.39. The second kappa shape index (κ2) is 6.99. The highest BCUT2D eigenvalue weighted by atomic mass is 32.1. The Labute approximate surface area is 127 Å². The molecule has 0 bridgehead atoms. The summed E-state index contributed by atoms with van der Waals surface area (Å²) in [6.07, 6.45) is 0.